The lowest BCUT2D eigenvalue weighted by molar-refractivity contribution is -0.121. The second kappa shape index (κ2) is 7.00. The smallest absolute Gasteiger partial charge is 0.241 e. The summed E-state index contributed by atoms with van der Waals surface area (Å²) < 4.78 is 0. The molecule has 1 unspecified atom stereocenters. The molecule has 1 aliphatic carbocycles. The zero-order valence-corrected chi connectivity index (χ0v) is 13.5. The topological polar surface area (TPSA) is 58.4 Å². The normalized spacial score (nSPS) is 15.8. The molecule has 114 valence electrons. The summed E-state index contributed by atoms with van der Waals surface area (Å²) in [5.41, 5.74) is 7.10. The molecular formula is C16H23N3OS. The van der Waals surface area contributed by atoms with Crippen molar-refractivity contribution in [1.29, 1.82) is 0 Å². The van der Waals surface area contributed by atoms with Crippen molar-refractivity contribution in [2.24, 2.45) is 5.73 Å². The highest BCUT2D eigenvalue weighted by atomic mass is 32.1. The lowest BCUT2D eigenvalue weighted by Gasteiger charge is -2.28. The Hall–Kier alpha value is -1.46. The Kier molecular flexibility index (Phi) is 5.31. The van der Waals surface area contributed by atoms with Crippen molar-refractivity contribution >= 4 is 28.8 Å². The molecule has 0 aromatic heterocycles. The maximum Gasteiger partial charge on any atom is 0.241 e. The fourth-order valence-corrected chi connectivity index (χ4v) is 2.73. The van der Waals surface area contributed by atoms with Crippen LogP contribution in [-0.2, 0) is 4.79 Å². The van der Waals surface area contributed by atoms with Crippen LogP contribution in [0.5, 0.6) is 0 Å². The van der Waals surface area contributed by atoms with E-state index in [0.29, 0.717) is 22.3 Å². The van der Waals surface area contributed by atoms with E-state index in [9.17, 15) is 4.79 Å². The summed E-state index contributed by atoms with van der Waals surface area (Å²) in [7, 11) is 0. The van der Waals surface area contributed by atoms with Crippen LogP contribution >= 0.6 is 12.2 Å². The van der Waals surface area contributed by atoms with E-state index in [1.54, 1.807) is 0 Å². The highest BCUT2D eigenvalue weighted by Crippen LogP contribution is 2.29. The molecule has 0 bridgehead atoms. The largest absolute Gasteiger partial charge is 0.389 e. The maximum atomic E-state index is 12.5. The fraction of sp³-hybridized carbons (Fsp3) is 0.500. The molecule has 1 fully saturated rings. The van der Waals surface area contributed by atoms with Crippen LogP contribution in [0.25, 0.3) is 0 Å². The minimum absolute atomic E-state index is 0.000880. The van der Waals surface area contributed by atoms with Gasteiger partial charge in [-0.1, -0.05) is 31.3 Å². The molecule has 0 radical (unpaired) electrons. The molecule has 0 spiro atoms. The van der Waals surface area contributed by atoms with Crippen LogP contribution < -0.4 is 11.1 Å². The quantitative estimate of drug-likeness (QED) is 0.760. The summed E-state index contributed by atoms with van der Waals surface area (Å²) in [6, 6.07) is 7.81. The first-order valence-electron chi connectivity index (χ1n) is 7.50. The number of nitrogens with one attached hydrogen (secondary N) is 1. The van der Waals surface area contributed by atoms with Crippen molar-refractivity contribution in [1.82, 2.24) is 4.90 Å². The Labute approximate surface area is 131 Å². The first kappa shape index (κ1) is 15.9. The van der Waals surface area contributed by atoms with Gasteiger partial charge in [-0.3, -0.25) is 9.69 Å². The van der Waals surface area contributed by atoms with Gasteiger partial charge in [-0.05, 0) is 44.9 Å². The molecule has 1 aromatic rings. The molecule has 4 nitrogen and oxygen atoms in total. The average molecular weight is 305 g/mol. The third-order valence-corrected chi connectivity index (χ3v) is 4.04. The number of benzene rings is 1. The van der Waals surface area contributed by atoms with Crippen molar-refractivity contribution in [2.45, 2.75) is 45.2 Å². The third-order valence-electron chi connectivity index (χ3n) is 3.83. The van der Waals surface area contributed by atoms with Crippen LogP contribution in [0.1, 0.15) is 38.7 Å². The Bertz CT molecular complexity index is 528. The molecular weight excluding hydrogens is 282 g/mol. The van der Waals surface area contributed by atoms with Gasteiger partial charge in [0.1, 0.15) is 4.99 Å². The van der Waals surface area contributed by atoms with Crippen molar-refractivity contribution in [3.63, 3.8) is 0 Å². The number of para-hydroxylation sites is 1. The molecule has 0 saturated heterocycles. The van der Waals surface area contributed by atoms with E-state index in [1.807, 2.05) is 31.2 Å². The van der Waals surface area contributed by atoms with Crippen molar-refractivity contribution < 1.29 is 4.79 Å². The van der Waals surface area contributed by atoms with E-state index in [2.05, 4.69) is 17.1 Å². The van der Waals surface area contributed by atoms with E-state index in [0.717, 1.165) is 13.0 Å². The molecule has 2 rings (SSSR count). The molecule has 5 heteroatoms. The Morgan fingerprint density at radius 1 is 1.48 bits per heavy atom. The molecule has 1 aliphatic rings. The highest BCUT2D eigenvalue weighted by molar-refractivity contribution is 7.80. The molecule has 3 N–H and O–H groups in total. The zero-order chi connectivity index (χ0) is 15.4. The van der Waals surface area contributed by atoms with Crippen LogP contribution in [0.4, 0.5) is 5.69 Å². The van der Waals surface area contributed by atoms with Gasteiger partial charge in [-0.15, -0.1) is 0 Å². The van der Waals surface area contributed by atoms with Crippen LogP contribution in [0, 0.1) is 0 Å². The first-order chi connectivity index (χ1) is 10.0. The van der Waals surface area contributed by atoms with Crippen LogP contribution in [-0.4, -0.2) is 34.4 Å². The number of amides is 1. The number of nitrogens with two attached hydrogens (primary N) is 1. The lowest BCUT2D eigenvalue weighted by Crippen LogP contribution is -2.44. The van der Waals surface area contributed by atoms with E-state index < -0.39 is 0 Å². The standard InChI is InChI=1S/C16H23N3OS/c1-3-10-19(12-8-9-12)11(2)16(20)18-14-7-5-4-6-13(14)15(17)21/h4-7,11-12H,3,8-10H2,1-2H3,(H2,17,21)(H,18,20). The number of hydrogen-bond donors (Lipinski definition) is 2. The minimum Gasteiger partial charge on any atom is -0.389 e. The molecule has 0 aliphatic heterocycles. The predicted molar refractivity (Wildman–Crippen MR) is 90.4 cm³/mol. The monoisotopic (exact) mass is 305 g/mol. The summed E-state index contributed by atoms with van der Waals surface area (Å²) in [5.74, 6) is -0.000880. The number of rotatable bonds is 7. The molecule has 1 atom stereocenters. The molecule has 1 saturated carbocycles. The molecule has 0 heterocycles. The van der Waals surface area contributed by atoms with Gasteiger partial charge in [-0.2, -0.15) is 0 Å². The zero-order valence-electron chi connectivity index (χ0n) is 12.6. The van der Waals surface area contributed by atoms with Crippen molar-refractivity contribution in [3.8, 4) is 0 Å². The minimum atomic E-state index is -0.142. The summed E-state index contributed by atoms with van der Waals surface area (Å²) in [4.78, 5) is 15.1. The van der Waals surface area contributed by atoms with Gasteiger partial charge in [0.25, 0.3) is 0 Å². The first-order valence-corrected chi connectivity index (χ1v) is 7.90. The van der Waals surface area contributed by atoms with Gasteiger partial charge in [0.05, 0.1) is 11.7 Å². The number of thiocarbonyl (C=S) groups is 1. The van der Waals surface area contributed by atoms with Gasteiger partial charge < -0.3 is 11.1 Å². The summed E-state index contributed by atoms with van der Waals surface area (Å²) >= 11 is 5.03. The lowest BCUT2D eigenvalue weighted by atomic mass is 10.1. The second-order valence-corrected chi connectivity index (χ2v) is 5.98. The summed E-state index contributed by atoms with van der Waals surface area (Å²) in [6.07, 6.45) is 3.44. The number of hydrogen-bond acceptors (Lipinski definition) is 3. The van der Waals surface area contributed by atoms with E-state index in [4.69, 9.17) is 18.0 Å². The molecule has 1 aromatic carbocycles. The Morgan fingerprint density at radius 2 is 2.14 bits per heavy atom. The number of nitrogens with zero attached hydrogens (tertiary/aromatic N) is 1. The van der Waals surface area contributed by atoms with Gasteiger partial charge in [0.15, 0.2) is 0 Å². The second-order valence-electron chi connectivity index (χ2n) is 5.54. The predicted octanol–water partition coefficient (Wildman–Crippen LogP) is 2.52. The SMILES string of the molecule is CCCN(C1CC1)C(C)C(=O)Nc1ccccc1C(N)=S. The van der Waals surface area contributed by atoms with E-state index >= 15 is 0 Å². The molecule has 21 heavy (non-hydrogen) atoms. The van der Waals surface area contributed by atoms with Crippen LogP contribution in [0.3, 0.4) is 0 Å². The number of carbonyl (C=O) groups excluding carboxylic acids is 1. The fourth-order valence-electron chi connectivity index (χ4n) is 2.55. The van der Waals surface area contributed by atoms with E-state index in [-0.39, 0.29) is 11.9 Å². The van der Waals surface area contributed by atoms with Gasteiger partial charge in [-0.25, -0.2) is 0 Å². The number of carbonyl (C=O) groups is 1. The Morgan fingerprint density at radius 3 is 2.71 bits per heavy atom. The molecule has 1 amide bonds. The summed E-state index contributed by atoms with van der Waals surface area (Å²) in [6.45, 7) is 5.06. The summed E-state index contributed by atoms with van der Waals surface area (Å²) in [5, 5.41) is 2.97. The average Bonchev–Trinajstić information content (AvgIpc) is 3.29. The van der Waals surface area contributed by atoms with E-state index in [1.165, 1.54) is 12.8 Å². The van der Waals surface area contributed by atoms with Gasteiger partial charge in [0, 0.05) is 11.6 Å². The van der Waals surface area contributed by atoms with Gasteiger partial charge in [0.2, 0.25) is 5.91 Å². The number of anilines is 1. The van der Waals surface area contributed by atoms with Crippen molar-refractivity contribution in [2.75, 3.05) is 11.9 Å². The third kappa shape index (κ3) is 4.02. The van der Waals surface area contributed by atoms with Crippen LogP contribution in [0.2, 0.25) is 0 Å². The maximum absolute atomic E-state index is 12.5. The van der Waals surface area contributed by atoms with Crippen LogP contribution in [0.15, 0.2) is 24.3 Å². The van der Waals surface area contributed by atoms with Gasteiger partial charge >= 0.3 is 0 Å². The Balaban J connectivity index is 2.08. The highest BCUT2D eigenvalue weighted by Gasteiger charge is 2.34. The van der Waals surface area contributed by atoms with Crippen molar-refractivity contribution in [3.05, 3.63) is 29.8 Å².